The first kappa shape index (κ1) is 23.5. The topological polar surface area (TPSA) is 134 Å². The van der Waals surface area contributed by atoms with Gasteiger partial charge in [0.1, 0.15) is 24.1 Å². The molecular weight excluding hydrogens is 430 g/mol. The predicted octanol–water partition coefficient (Wildman–Crippen LogP) is 1.38. The van der Waals surface area contributed by atoms with Crippen molar-refractivity contribution in [3.63, 3.8) is 0 Å². The number of ether oxygens (including phenoxy) is 2. The Labute approximate surface area is 191 Å². The van der Waals surface area contributed by atoms with E-state index in [2.05, 4.69) is 4.98 Å². The minimum atomic E-state index is -1.58. The highest BCUT2D eigenvalue weighted by atomic mass is 17.2. The van der Waals surface area contributed by atoms with E-state index in [9.17, 15) is 20.4 Å². The van der Waals surface area contributed by atoms with Crippen LogP contribution in [0.4, 0.5) is 0 Å². The Morgan fingerprint density at radius 2 is 1.79 bits per heavy atom. The summed E-state index contributed by atoms with van der Waals surface area (Å²) in [6.07, 6.45) is -3.54. The number of hydrogen-bond acceptors (Lipinski definition) is 8. The predicted molar refractivity (Wildman–Crippen MR) is 119 cm³/mol. The molecule has 9 nitrogen and oxygen atoms in total. The number of H-pyrrole nitrogens is 1. The lowest BCUT2D eigenvalue weighted by Gasteiger charge is -2.38. The van der Waals surface area contributed by atoms with E-state index in [0.717, 1.165) is 46.2 Å². The fourth-order valence-corrected chi connectivity index (χ4v) is 4.05. The third-order valence-corrected chi connectivity index (χ3v) is 5.90. The molecule has 0 spiro atoms. The molecule has 9 heteroatoms. The number of aromatic amines is 1. The SMILES string of the molecule is COc1ccc(CCc2c[nH]c3cc(C)cc(OO[C@H]4C(O)O[C@H](CO)[C@@H](O)[C@@H]4O)c23)cc1. The van der Waals surface area contributed by atoms with Crippen molar-refractivity contribution in [1.82, 2.24) is 4.98 Å². The minimum Gasteiger partial charge on any atom is -0.497 e. The summed E-state index contributed by atoms with van der Waals surface area (Å²) < 4.78 is 10.3. The Bertz CT molecular complexity index is 1070. The molecule has 5 N–H and O–H groups in total. The number of rotatable bonds is 8. The highest BCUT2D eigenvalue weighted by Crippen LogP contribution is 2.33. The van der Waals surface area contributed by atoms with Crippen molar-refractivity contribution < 1.29 is 39.7 Å². The molecule has 1 fully saturated rings. The minimum absolute atomic E-state index is 0.411. The lowest BCUT2D eigenvalue weighted by molar-refractivity contribution is -0.364. The number of benzene rings is 2. The van der Waals surface area contributed by atoms with Gasteiger partial charge in [-0.05, 0) is 60.7 Å². The average Bonchev–Trinajstić information content (AvgIpc) is 3.22. The summed E-state index contributed by atoms with van der Waals surface area (Å²) in [5.41, 5.74) is 3.96. The number of hydrogen-bond donors (Lipinski definition) is 5. The molecular formula is C24H29NO8. The number of aromatic nitrogens is 1. The molecule has 0 aliphatic carbocycles. The van der Waals surface area contributed by atoms with Gasteiger partial charge in [0.05, 0.1) is 13.7 Å². The molecule has 1 unspecified atom stereocenters. The molecule has 5 atom stereocenters. The number of aryl methyl sites for hydroxylation is 3. The molecule has 0 radical (unpaired) electrons. The number of fused-ring (bicyclic) bond motifs is 1. The van der Waals surface area contributed by atoms with Crippen molar-refractivity contribution in [3.05, 3.63) is 59.3 Å². The third-order valence-electron chi connectivity index (χ3n) is 5.90. The van der Waals surface area contributed by atoms with Gasteiger partial charge in [0.2, 0.25) is 0 Å². The van der Waals surface area contributed by atoms with Gasteiger partial charge in [-0.25, -0.2) is 0 Å². The maximum Gasteiger partial charge on any atom is 0.188 e. The largest absolute Gasteiger partial charge is 0.497 e. The van der Waals surface area contributed by atoms with E-state index >= 15 is 0 Å². The zero-order valence-corrected chi connectivity index (χ0v) is 18.5. The second-order valence-electron chi connectivity index (χ2n) is 8.22. The Kier molecular flexibility index (Phi) is 7.18. The van der Waals surface area contributed by atoms with Crippen molar-refractivity contribution in [2.24, 2.45) is 0 Å². The number of aliphatic hydroxyl groups is 4. The van der Waals surface area contributed by atoms with Crippen molar-refractivity contribution >= 4 is 10.9 Å². The van der Waals surface area contributed by atoms with Crippen LogP contribution in [0.25, 0.3) is 10.9 Å². The van der Waals surface area contributed by atoms with Gasteiger partial charge in [-0.3, -0.25) is 0 Å². The monoisotopic (exact) mass is 459 g/mol. The van der Waals surface area contributed by atoms with E-state index in [1.165, 1.54) is 0 Å². The van der Waals surface area contributed by atoms with Gasteiger partial charge in [0.25, 0.3) is 0 Å². The Balaban J connectivity index is 1.52. The van der Waals surface area contributed by atoms with E-state index < -0.39 is 37.3 Å². The summed E-state index contributed by atoms with van der Waals surface area (Å²) in [5.74, 6) is 1.22. The quantitative estimate of drug-likeness (QED) is 0.252. The molecule has 0 saturated carbocycles. The van der Waals surface area contributed by atoms with Gasteiger partial charge in [-0.2, -0.15) is 4.89 Å². The lowest BCUT2D eigenvalue weighted by atomic mass is 9.99. The molecule has 1 saturated heterocycles. The van der Waals surface area contributed by atoms with Crippen LogP contribution in [0.2, 0.25) is 0 Å². The van der Waals surface area contributed by atoms with E-state index in [1.54, 1.807) is 13.2 Å². The molecule has 1 aromatic heterocycles. The third kappa shape index (κ3) is 4.98. The first-order valence-corrected chi connectivity index (χ1v) is 10.8. The fourth-order valence-electron chi connectivity index (χ4n) is 4.05. The molecule has 1 aliphatic rings. The van der Waals surface area contributed by atoms with Gasteiger partial charge in [-0.15, -0.1) is 0 Å². The van der Waals surface area contributed by atoms with Crippen LogP contribution >= 0.6 is 0 Å². The normalized spacial score (nSPS) is 25.3. The van der Waals surface area contributed by atoms with E-state index in [0.29, 0.717) is 5.75 Å². The first-order valence-electron chi connectivity index (χ1n) is 10.8. The van der Waals surface area contributed by atoms with Gasteiger partial charge < -0.3 is 39.8 Å². The van der Waals surface area contributed by atoms with Crippen LogP contribution < -0.4 is 9.62 Å². The molecule has 0 bridgehead atoms. The van der Waals surface area contributed by atoms with E-state index in [1.807, 2.05) is 43.5 Å². The number of methoxy groups -OCH3 is 1. The Morgan fingerprint density at radius 1 is 1.03 bits per heavy atom. The second-order valence-corrected chi connectivity index (χ2v) is 8.22. The summed E-state index contributed by atoms with van der Waals surface area (Å²) in [6, 6.07) is 11.7. The Hall–Kier alpha value is -2.66. The van der Waals surface area contributed by atoms with Gasteiger partial charge in [0, 0.05) is 17.1 Å². The lowest BCUT2D eigenvalue weighted by Crippen LogP contribution is -2.59. The summed E-state index contributed by atoms with van der Waals surface area (Å²) in [5, 5.41) is 40.5. The van der Waals surface area contributed by atoms with Crippen LogP contribution in [0.3, 0.4) is 0 Å². The van der Waals surface area contributed by atoms with Crippen LogP contribution in [0, 0.1) is 6.92 Å². The van der Waals surface area contributed by atoms with E-state index in [-0.39, 0.29) is 0 Å². The van der Waals surface area contributed by atoms with Crippen LogP contribution in [0.1, 0.15) is 16.7 Å². The van der Waals surface area contributed by atoms with Gasteiger partial charge in [0.15, 0.2) is 18.1 Å². The fraction of sp³-hybridized carbons (Fsp3) is 0.417. The van der Waals surface area contributed by atoms with Crippen molar-refractivity contribution in [2.75, 3.05) is 13.7 Å². The maximum atomic E-state index is 10.3. The molecule has 1 aliphatic heterocycles. The summed E-state index contributed by atoms with van der Waals surface area (Å²) in [6.45, 7) is 1.36. The van der Waals surface area contributed by atoms with Crippen molar-refractivity contribution in [1.29, 1.82) is 0 Å². The van der Waals surface area contributed by atoms with Crippen molar-refractivity contribution in [3.8, 4) is 11.5 Å². The van der Waals surface area contributed by atoms with Crippen LogP contribution in [-0.2, 0) is 22.5 Å². The van der Waals surface area contributed by atoms with Crippen LogP contribution in [-0.4, -0.2) is 69.8 Å². The molecule has 33 heavy (non-hydrogen) atoms. The molecule has 178 valence electrons. The number of aliphatic hydroxyl groups excluding tert-OH is 4. The molecule has 4 rings (SSSR count). The molecule has 0 amide bonds. The van der Waals surface area contributed by atoms with Crippen LogP contribution in [0.15, 0.2) is 42.6 Å². The smallest absolute Gasteiger partial charge is 0.188 e. The zero-order chi connectivity index (χ0) is 23.5. The average molecular weight is 459 g/mol. The highest BCUT2D eigenvalue weighted by molar-refractivity contribution is 5.90. The molecule has 3 aromatic rings. The van der Waals surface area contributed by atoms with Crippen molar-refractivity contribution in [2.45, 2.75) is 50.5 Å². The number of nitrogens with one attached hydrogen (secondary N) is 1. The second kappa shape index (κ2) is 10.1. The molecule has 2 heterocycles. The molecule has 2 aromatic carbocycles. The van der Waals surface area contributed by atoms with E-state index in [4.69, 9.17) is 19.2 Å². The highest BCUT2D eigenvalue weighted by Gasteiger charge is 2.45. The van der Waals surface area contributed by atoms with Gasteiger partial charge in [-0.1, -0.05) is 12.1 Å². The zero-order valence-electron chi connectivity index (χ0n) is 18.5. The first-order chi connectivity index (χ1) is 15.9. The Morgan fingerprint density at radius 3 is 2.48 bits per heavy atom. The van der Waals surface area contributed by atoms with Gasteiger partial charge >= 0.3 is 0 Å². The maximum absolute atomic E-state index is 10.3. The summed E-state index contributed by atoms with van der Waals surface area (Å²) in [4.78, 5) is 14.2. The standard InChI is InChI=1S/C24H29NO8/c1-13-9-17-20(15(11-25-17)6-3-14-4-7-16(30-2)8-5-14)18(10-13)32-33-23-22(28)21(27)19(12-26)31-24(23)29/h4-5,7-11,19,21-29H,3,6,12H2,1-2H3/t19-,21-,22+,23-,24?/m1/s1. The summed E-state index contributed by atoms with van der Waals surface area (Å²) >= 11 is 0. The van der Waals surface area contributed by atoms with Crippen LogP contribution in [0.5, 0.6) is 11.5 Å². The summed E-state index contributed by atoms with van der Waals surface area (Å²) in [7, 11) is 1.63.